The Labute approximate surface area is 159 Å². The smallest absolute Gasteiger partial charge is 0.309 e. The lowest BCUT2D eigenvalue weighted by molar-refractivity contribution is -0.165. The lowest BCUT2D eigenvalue weighted by atomic mass is 9.55. The molecule has 2 N–H and O–H groups in total. The van der Waals surface area contributed by atoms with E-state index in [1.54, 1.807) is 6.26 Å². The summed E-state index contributed by atoms with van der Waals surface area (Å²) >= 11 is 0. The van der Waals surface area contributed by atoms with E-state index in [9.17, 15) is 15.0 Å². The summed E-state index contributed by atoms with van der Waals surface area (Å²) in [6.07, 6.45) is 5.42. The van der Waals surface area contributed by atoms with Gasteiger partial charge in [-0.25, -0.2) is 0 Å². The third-order valence-corrected chi connectivity index (χ3v) is 7.79. The molecule has 0 radical (unpaired) electrons. The molecular formula is C21H28O6. The first-order chi connectivity index (χ1) is 12.8. The number of esters is 1. The fourth-order valence-electron chi connectivity index (χ4n) is 6.26. The zero-order chi connectivity index (χ0) is 19.0. The summed E-state index contributed by atoms with van der Waals surface area (Å²) in [6, 6.07) is 0. The Morgan fingerprint density at radius 1 is 1.22 bits per heavy atom. The van der Waals surface area contributed by atoms with Crippen LogP contribution in [-0.4, -0.2) is 46.9 Å². The maximum absolute atomic E-state index is 13.1. The van der Waals surface area contributed by atoms with E-state index >= 15 is 0 Å². The maximum Gasteiger partial charge on any atom is 0.309 e. The normalized spacial score (nSPS) is 51.3. The highest BCUT2D eigenvalue weighted by atomic mass is 16.7. The van der Waals surface area contributed by atoms with E-state index in [2.05, 4.69) is 13.0 Å². The second-order valence-electron chi connectivity index (χ2n) is 9.27. The number of hydrogen-bond acceptors (Lipinski definition) is 6. The standard InChI is InChI=1S/C21H28O6/c1-20-8-16(23)15(22)7-12(20)4-5-13-14(20)6-3-11-9-25-21(2)18(11)17(10-26-21)27-19(13)24/h4,9,13-18,22-23H,3,5-8,10H2,1-2H3/t13-,14+,15-,16-,17?,18-,20+,21+/m1/s1. The average molecular weight is 376 g/mol. The molecule has 8 atom stereocenters. The first-order valence-corrected chi connectivity index (χ1v) is 10.1. The highest BCUT2D eigenvalue weighted by Crippen LogP contribution is 2.56. The molecule has 6 nitrogen and oxygen atoms in total. The summed E-state index contributed by atoms with van der Waals surface area (Å²) in [4.78, 5) is 13.1. The first kappa shape index (κ1) is 17.7. The van der Waals surface area contributed by atoms with Gasteiger partial charge in [0.15, 0.2) is 0 Å². The van der Waals surface area contributed by atoms with Crippen molar-refractivity contribution in [3.63, 3.8) is 0 Å². The van der Waals surface area contributed by atoms with Gasteiger partial charge in [-0.3, -0.25) is 4.79 Å². The predicted octanol–water partition coefficient (Wildman–Crippen LogP) is 2.05. The van der Waals surface area contributed by atoms with E-state index < -0.39 is 18.0 Å². The van der Waals surface area contributed by atoms with Crippen molar-refractivity contribution in [3.8, 4) is 0 Å². The number of ether oxygens (including phenoxy) is 3. The van der Waals surface area contributed by atoms with Gasteiger partial charge >= 0.3 is 5.97 Å². The number of hydrogen-bond donors (Lipinski definition) is 2. The molecule has 27 heavy (non-hydrogen) atoms. The van der Waals surface area contributed by atoms with Crippen molar-refractivity contribution in [3.05, 3.63) is 23.5 Å². The van der Waals surface area contributed by atoms with Crippen LogP contribution in [-0.2, 0) is 19.0 Å². The van der Waals surface area contributed by atoms with Gasteiger partial charge in [0, 0.05) is 6.92 Å². The van der Waals surface area contributed by atoms with Gasteiger partial charge in [-0.15, -0.1) is 0 Å². The number of fused-ring (bicyclic) bond motifs is 3. The number of carbonyl (C=O) groups excluding carboxylic acids is 1. The molecule has 1 unspecified atom stereocenters. The van der Waals surface area contributed by atoms with Crippen molar-refractivity contribution in [1.29, 1.82) is 0 Å². The van der Waals surface area contributed by atoms with E-state index in [1.807, 2.05) is 6.92 Å². The van der Waals surface area contributed by atoms with Gasteiger partial charge in [0.05, 0.1) is 36.9 Å². The first-order valence-electron chi connectivity index (χ1n) is 10.1. The van der Waals surface area contributed by atoms with Gasteiger partial charge in [-0.2, -0.15) is 0 Å². The lowest BCUT2D eigenvalue weighted by Gasteiger charge is -2.50. The second-order valence-corrected chi connectivity index (χ2v) is 9.27. The highest BCUT2D eigenvalue weighted by molar-refractivity contribution is 5.74. The van der Waals surface area contributed by atoms with Gasteiger partial charge in [-0.1, -0.05) is 18.6 Å². The molecule has 2 aliphatic carbocycles. The van der Waals surface area contributed by atoms with Crippen LogP contribution in [0, 0.1) is 23.2 Å². The van der Waals surface area contributed by atoms with Crippen LogP contribution in [0.25, 0.3) is 0 Å². The molecule has 0 aromatic rings. The van der Waals surface area contributed by atoms with Crippen molar-refractivity contribution >= 4 is 5.97 Å². The number of aliphatic hydroxyl groups is 2. The van der Waals surface area contributed by atoms with Crippen LogP contribution >= 0.6 is 0 Å². The lowest BCUT2D eigenvalue weighted by Crippen LogP contribution is -2.49. The van der Waals surface area contributed by atoms with E-state index in [-0.39, 0.29) is 35.2 Å². The molecule has 3 heterocycles. The summed E-state index contributed by atoms with van der Waals surface area (Å²) in [5.74, 6) is -1.06. The number of rotatable bonds is 0. The third-order valence-electron chi connectivity index (χ3n) is 7.79. The Hall–Kier alpha value is -1.37. The molecule has 5 rings (SSSR count). The van der Waals surface area contributed by atoms with Crippen molar-refractivity contribution in [2.45, 2.75) is 70.1 Å². The predicted molar refractivity (Wildman–Crippen MR) is 95.2 cm³/mol. The van der Waals surface area contributed by atoms with Crippen LogP contribution in [0.3, 0.4) is 0 Å². The molecular weight excluding hydrogens is 348 g/mol. The Kier molecular flexibility index (Phi) is 3.81. The largest absolute Gasteiger partial charge is 0.469 e. The molecule has 0 bridgehead atoms. The minimum atomic E-state index is -0.750. The highest BCUT2D eigenvalue weighted by Gasteiger charge is 2.58. The number of carbonyl (C=O) groups is 1. The average Bonchev–Trinajstić information content (AvgIpc) is 3.11. The Bertz CT molecular complexity index is 728. The second kappa shape index (κ2) is 5.82. The SMILES string of the molecule is C[C@]12OC=C3CC[C@H]4[C@@H](CC=C5C[C@@H](O)[C@H](O)C[C@@]54C)C(=O)OC(CO1)[C@@H]32. The number of aliphatic hydroxyl groups excluding tert-OH is 2. The fraction of sp³-hybridized carbons (Fsp3) is 0.762. The quantitative estimate of drug-likeness (QED) is 0.497. The van der Waals surface area contributed by atoms with E-state index in [4.69, 9.17) is 14.2 Å². The molecule has 0 aromatic heterocycles. The summed E-state index contributed by atoms with van der Waals surface area (Å²) in [5.41, 5.74) is 2.04. The van der Waals surface area contributed by atoms with Gasteiger partial charge < -0.3 is 24.4 Å². The molecule has 0 amide bonds. The van der Waals surface area contributed by atoms with E-state index in [1.165, 1.54) is 5.57 Å². The summed E-state index contributed by atoms with van der Waals surface area (Å²) in [7, 11) is 0. The van der Waals surface area contributed by atoms with Gasteiger partial charge in [-0.05, 0) is 49.0 Å². The van der Waals surface area contributed by atoms with Crippen LogP contribution in [0.4, 0.5) is 0 Å². The maximum atomic E-state index is 13.1. The molecule has 2 saturated heterocycles. The minimum Gasteiger partial charge on any atom is -0.469 e. The van der Waals surface area contributed by atoms with Gasteiger partial charge in [0.1, 0.15) is 6.10 Å². The molecule has 0 aromatic carbocycles. The van der Waals surface area contributed by atoms with Crippen LogP contribution in [0.5, 0.6) is 0 Å². The summed E-state index contributed by atoms with van der Waals surface area (Å²) in [5, 5.41) is 20.5. The summed E-state index contributed by atoms with van der Waals surface area (Å²) in [6.45, 7) is 4.42. The Morgan fingerprint density at radius 3 is 2.85 bits per heavy atom. The zero-order valence-corrected chi connectivity index (χ0v) is 15.9. The third kappa shape index (κ3) is 2.46. The van der Waals surface area contributed by atoms with Crippen molar-refractivity contribution < 1.29 is 29.2 Å². The molecule has 3 aliphatic heterocycles. The van der Waals surface area contributed by atoms with Gasteiger partial charge in [0.25, 0.3) is 0 Å². The Morgan fingerprint density at radius 2 is 2.04 bits per heavy atom. The van der Waals surface area contributed by atoms with Crippen LogP contribution in [0.15, 0.2) is 23.5 Å². The van der Waals surface area contributed by atoms with E-state index in [0.717, 1.165) is 18.4 Å². The van der Waals surface area contributed by atoms with Crippen LogP contribution in [0.2, 0.25) is 0 Å². The van der Waals surface area contributed by atoms with Crippen molar-refractivity contribution in [1.82, 2.24) is 0 Å². The molecule has 1 saturated carbocycles. The van der Waals surface area contributed by atoms with Crippen molar-refractivity contribution in [2.75, 3.05) is 6.61 Å². The monoisotopic (exact) mass is 376 g/mol. The molecule has 0 spiro atoms. The molecule has 5 aliphatic rings. The molecule has 148 valence electrons. The van der Waals surface area contributed by atoms with Crippen LogP contribution in [0.1, 0.15) is 46.0 Å². The Balaban J connectivity index is 1.50. The molecule has 6 heteroatoms. The summed E-state index contributed by atoms with van der Waals surface area (Å²) < 4.78 is 17.6. The zero-order valence-electron chi connectivity index (χ0n) is 15.9. The topological polar surface area (TPSA) is 85.2 Å². The van der Waals surface area contributed by atoms with E-state index in [0.29, 0.717) is 25.9 Å². The minimum absolute atomic E-state index is 0.0411. The number of allylic oxidation sites excluding steroid dienone is 1. The van der Waals surface area contributed by atoms with Crippen molar-refractivity contribution in [2.24, 2.45) is 23.2 Å². The fourth-order valence-corrected chi connectivity index (χ4v) is 6.26. The molecule has 3 fully saturated rings. The van der Waals surface area contributed by atoms with Crippen LogP contribution < -0.4 is 0 Å². The van der Waals surface area contributed by atoms with Gasteiger partial charge in [0.2, 0.25) is 5.79 Å².